The minimum Gasteiger partial charge on any atom is -0.477 e. The maximum atomic E-state index is 5.93. The fourth-order valence-corrected chi connectivity index (χ4v) is 4.13. The van der Waals surface area contributed by atoms with E-state index in [-0.39, 0.29) is 5.60 Å². The molecule has 25 heavy (non-hydrogen) atoms. The number of pyridine rings is 1. The highest BCUT2D eigenvalue weighted by atomic mass is 32.1. The third kappa shape index (κ3) is 3.20. The molecule has 1 aliphatic heterocycles. The van der Waals surface area contributed by atoms with Crippen molar-refractivity contribution in [1.29, 1.82) is 0 Å². The molecule has 0 aromatic carbocycles. The topological polar surface area (TPSA) is 57.1 Å². The highest BCUT2D eigenvalue weighted by Crippen LogP contribution is 2.38. The number of rotatable bonds is 4. The maximum absolute atomic E-state index is 5.93. The molecule has 1 aliphatic rings. The summed E-state index contributed by atoms with van der Waals surface area (Å²) in [5.41, 5.74) is 3.06. The summed E-state index contributed by atoms with van der Waals surface area (Å²) in [4.78, 5) is 14.7. The van der Waals surface area contributed by atoms with Crippen LogP contribution in [0.25, 0.3) is 20.4 Å². The molecule has 0 atom stereocenters. The number of aromatic nitrogens is 3. The van der Waals surface area contributed by atoms with E-state index in [1.807, 2.05) is 0 Å². The Kier molecular flexibility index (Phi) is 4.12. The zero-order valence-corrected chi connectivity index (χ0v) is 15.9. The van der Waals surface area contributed by atoms with E-state index in [1.54, 1.807) is 17.7 Å². The van der Waals surface area contributed by atoms with Gasteiger partial charge in [-0.05, 0) is 32.3 Å². The summed E-state index contributed by atoms with van der Waals surface area (Å²) >= 11 is 1.62. The summed E-state index contributed by atoms with van der Waals surface area (Å²) in [7, 11) is 0. The summed E-state index contributed by atoms with van der Waals surface area (Å²) in [5.74, 6) is 1.28. The van der Waals surface area contributed by atoms with Crippen LogP contribution in [-0.4, -0.2) is 27.2 Å². The first-order chi connectivity index (χ1) is 11.9. The van der Waals surface area contributed by atoms with E-state index in [4.69, 9.17) is 14.5 Å². The van der Waals surface area contributed by atoms with Crippen molar-refractivity contribution < 1.29 is 9.47 Å². The second-order valence-corrected chi connectivity index (χ2v) is 8.66. The van der Waals surface area contributed by atoms with Crippen molar-refractivity contribution >= 4 is 31.8 Å². The predicted octanol–water partition coefficient (Wildman–Crippen LogP) is 4.52. The lowest BCUT2D eigenvalue weighted by atomic mass is 9.95. The lowest BCUT2D eigenvalue weighted by Crippen LogP contribution is -2.32. The van der Waals surface area contributed by atoms with Crippen LogP contribution in [0.5, 0.6) is 5.88 Å². The molecule has 0 aliphatic carbocycles. The van der Waals surface area contributed by atoms with E-state index in [1.165, 1.54) is 0 Å². The van der Waals surface area contributed by atoms with Crippen molar-refractivity contribution in [2.75, 3.05) is 6.61 Å². The fraction of sp³-hybridized carbons (Fsp3) is 0.526. The molecule has 3 aromatic heterocycles. The average molecular weight is 357 g/mol. The van der Waals surface area contributed by atoms with E-state index in [2.05, 4.69) is 43.7 Å². The Morgan fingerprint density at radius 2 is 2.16 bits per heavy atom. The highest BCUT2D eigenvalue weighted by molar-refractivity contribution is 7.25. The summed E-state index contributed by atoms with van der Waals surface area (Å²) in [6, 6.07) is 2.18. The predicted molar refractivity (Wildman–Crippen MR) is 100 cm³/mol. The van der Waals surface area contributed by atoms with Gasteiger partial charge in [0.15, 0.2) is 0 Å². The van der Waals surface area contributed by atoms with Crippen LogP contribution >= 0.6 is 11.3 Å². The Morgan fingerprint density at radius 3 is 2.96 bits per heavy atom. The highest BCUT2D eigenvalue weighted by Gasteiger charge is 2.28. The number of hydrogen-bond acceptors (Lipinski definition) is 6. The summed E-state index contributed by atoms with van der Waals surface area (Å²) < 4.78 is 12.8. The van der Waals surface area contributed by atoms with Gasteiger partial charge < -0.3 is 9.47 Å². The number of thiophene rings is 1. The SMILES string of the molecule is CC(C)CCOc1ncnc2c1sc1nc3c(cc12)COC(C)(C)C3. The molecule has 4 heterocycles. The van der Waals surface area contributed by atoms with Gasteiger partial charge >= 0.3 is 0 Å². The van der Waals surface area contributed by atoms with Crippen molar-refractivity contribution in [3.05, 3.63) is 23.7 Å². The van der Waals surface area contributed by atoms with Gasteiger partial charge in [0.2, 0.25) is 5.88 Å². The van der Waals surface area contributed by atoms with E-state index < -0.39 is 0 Å². The van der Waals surface area contributed by atoms with Crippen LogP contribution in [0.15, 0.2) is 12.4 Å². The largest absolute Gasteiger partial charge is 0.477 e. The van der Waals surface area contributed by atoms with Gasteiger partial charge in [-0.15, -0.1) is 11.3 Å². The zero-order valence-electron chi connectivity index (χ0n) is 15.1. The van der Waals surface area contributed by atoms with Crippen molar-refractivity contribution in [2.45, 2.75) is 52.7 Å². The Labute approximate surface area is 151 Å². The number of fused-ring (bicyclic) bond motifs is 4. The van der Waals surface area contributed by atoms with Gasteiger partial charge in [0.05, 0.1) is 30.0 Å². The average Bonchev–Trinajstić information content (AvgIpc) is 2.90. The van der Waals surface area contributed by atoms with E-state index >= 15 is 0 Å². The van der Waals surface area contributed by atoms with Crippen LogP contribution in [-0.2, 0) is 17.8 Å². The Hall–Kier alpha value is -1.79. The molecular weight excluding hydrogens is 334 g/mol. The molecule has 5 nitrogen and oxygen atoms in total. The Balaban J connectivity index is 1.76. The van der Waals surface area contributed by atoms with Crippen molar-refractivity contribution in [3.63, 3.8) is 0 Å². The lowest BCUT2D eigenvalue weighted by molar-refractivity contribution is -0.0411. The van der Waals surface area contributed by atoms with Crippen molar-refractivity contribution in [2.24, 2.45) is 5.92 Å². The van der Waals surface area contributed by atoms with Gasteiger partial charge in [0, 0.05) is 17.4 Å². The second kappa shape index (κ2) is 6.18. The van der Waals surface area contributed by atoms with Crippen molar-refractivity contribution in [1.82, 2.24) is 15.0 Å². The third-order valence-corrected chi connectivity index (χ3v) is 5.60. The zero-order chi connectivity index (χ0) is 17.6. The monoisotopic (exact) mass is 357 g/mol. The first-order valence-corrected chi connectivity index (χ1v) is 9.57. The minimum absolute atomic E-state index is 0.157. The number of nitrogens with zero attached hydrogens (tertiary/aromatic N) is 3. The van der Waals surface area contributed by atoms with Crippen LogP contribution in [0.3, 0.4) is 0 Å². The maximum Gasteiger partial charge on any atom is 0.234 e. The standard InChI is InChI=1S/C19H23N3O2S/c1-11(2)5-6-23-17-16-15(20-10-21-17)13-7-12-9-24-19(3,4)8-14(12)22-18(13)25-16/h7,10-11H,5-6,8-9H2,1-4H3. The normalized spacial score (nSPS) is 16.5. The molecule has 0 fully saturated rings. The molecule has 0 N–H and O–H groups in total. The molecule has 0 radical (unpaired) electrons. The van der Waals surface area contributed by atoms with Crippen LogP contribution < -0.4 is 4.74 Å². The number of hydrogen-bond donors (Lipinski definition) is 0. The van der Waals surface area contributed by atoms with Crippen LogP contribution in [0, 0.1) is 5.92 Å². The summed E-state index contributed by atoms with van der Waals surface area (Å²) in [5, 5.41) is 1.07. The molecule has 4 rings (SSSR count). The summed E-state index contributed by atoms with van der Waals surface area (Å²) in [6.45, 7) is 9.87. The molecule has 3 aromatic rings. The van der Waals surface area contributed by atoms with Gasteiger partial charge in [0.1, 0.15) is 15.9 Å². The molecular formula is C19H23N3O2S. The molecule has 0 bridgehead atoms. The van der Waals surface area contributed by atoms with E-state index in [0.29, 0.717) is 25.0 Å². The molecule has 0 saturated heterocycles. The van der Waals surface area contributed by atoms with Gasteiger partial charge in [0.25, 0.3) is 0 Å². The smallest absolute Gasteiger partial charge is 0.234 e. The van der Waals surface area contributed by atoms with Gasteiger partial charge in [-0.1, -0.05) is 13.8 Å². The van der Waals surface area contributed by atoms with Gasteiger partial charge in [-0.3, -0.25) is 0 Å². The van der Waals surface area contributed by atoms with E-state index in [9.17, 15) is 0 Å². The molecule has 0 unspecified atom stereocenters. The molecule has 0 spiro atoms. The fourth-order valence-electron chi connectivity index (χ4n) is 3.06. The molecule has 6 heteroatoms. The van der Waals surface area contributed by atoms with Crippen LogP contribution in [0.2, 0.25) is 0 Å². The lowest BCUT2D eigenvalue weighted by Gasteiger charge is -2.30. The molecule has 0 amide bonds. The van der Waals surface area contributed by atoms with Crippen LogP contribution in [0.1, 0.15) is 45.4 Å². The van der Waals surface area contributed by atoms with Crippen LogP contribution in [0.4, 0.5) is 0 Å². The van der Waals surface area contributed by atoms with Gasteiger partial charge in [-0.25, -0.2) is 15.0 Å². The van der Waals surface area contributed by atoms with Crippen molar-refractivity contribution in [3.8, 4) is 5.88 Å². The Bertz CT molecular complexity index is 933. The quantitative estimate of drug-likeness (QED) is 0.687. The van der Waals surface area contributed by atoms with Gasteiger partial charge in [-0.2, -0.15) is 0 Å². The summed E-state index contributed by atoms with van der Waals surface area (Å²) in [6.07, 6.45) is 3.42. The first-order valence-electron chi connectivity index (χ1n) is 8.76. The van der Waals surface area contributed by atoms with E-state index in [0.717, 1.165) is 44.5 Å². The minimum atomic E-state index is -0.157. The Morgan fingerprint density at radius 1 is 1.32 bits per heavy atom. The molecule has 132 valence electrons. The first kappa shape index (κ1) is 16.7. The molecule has 0 saturated carbocycles. The number of ether oxygens (including phenoxy) is 2. The second-order valence-electron chi connectivity index (χ2n) is 7.66. The third-order valence-electron chi connectivity index (χ3n) is 4.53.